The lowest BCUT2D eigenvalue weighted by Crippen LogP contribution is -2.45. The molecule has 6 nitrogen and oxygen atoms in total. The molecule has 1 aromatic rings. The van der Waals surface area contributed by atoms with Gasteiger partial charge in [-0.2, -0.15) is 0 Å². The number of hydrogen-bond donors (Lipinski definition) is 2. The standard InChI is InChI=1S/C17H22N2O4/c1-4-9-23-16(20)14-11(3)18-17(21)19-15(14)12-7-6-8-13(10-12)22-5-2/h6-8,10,15H,4-5,9H2,1-3H3,(H2,18,19,21). The minimum atomic E-state index is -0.562. The monoisotopic (exact) mass is 318 g/mol. The van der Waals surface area contributed by atoms with Crippen molar-refractivity contribution in [2.75, 3.05) is 13.2 Å². The zero-order chi connectivity index (χ0) is 16.8. The van der Waals surface area contributed by atoms with Gasteiger partial charge >= 0.3 is 12.0 Å². The number of benzene rings is 1. The van der Waals surface area contributed by atoms with E-state index in [1.807, 2.05) is 38.1 Å². The Kier molecular flexibility index (Phi) is 5.62. The second-order valence-electron chi connectivity index (χ2n) is 5.21. The summed E-state index contributed by atoms with van der Waals surface area (Å²) in [4.78, 5) is 24.2. The average molecular weight is 318 g/mol. The van der Waals surface area contributed by atoms with Gasteiger partial charge in [0.15, 0.2) is 0 Å². The van der Waals surface area contributed by atoms with Crippen LogP contribution in [0.2, 0.25) is 0 Å². The van der Waals surface area contributed by atoms with Gasteiger partial charge in [0.2, 0.25) is 0 Å². The Morgan fingerprint density at radius 1 is 1.30 bits per heavy atom. The molecule has 1 aromatic carbocycles. The number of urea groups is 1. The fourth-order valence-corrected chi connectivity index (χ4v) is 2.44. The van der Waals surface area contributed by atoms with Crippen molar-refractivity contribution in [2.24, 2.45) is 0 Å². The zero-order valence-corrected chi connectivity index (χ0v) is 13.6. The van der Waals surface area contributed by atoms with Crippen molar-refractivity contribution in [1.29, 1.82) is 0 Å². The third-order valence-electron chi connectivity index (χ3n) is 3.43. The van der Waals surface area contributed by atoms with Crippen molar-refractivity contribution in [1.82, 2.24) is 10.6 Å². The lowest BCUT2D eigenvalue weighted by atomic mass is 9.95. The van der Waals surface area contributed by atoms with E-state index < -0.39 is 12.0 Å². The molecule has 1 aliphatic heterocycles. The highest BCUT2D eigenvalue weighted by atomic mass is 16.5. The number of carbonyl (C=O) groups is 2. The Labute approximate surface area is 135 Å². The number of nitrogens with one attached hydrogen (secondary N) is 2. The fourth-order valence-electron chi connectivity index (χ4n) is 2.44. The van der Waals surface area contributed by atoms with Crippen LogP contribution in [0, 0.1) is 0 Å². The van der Waals surface area contributed by atoms with Crippen molar-refractivity contribution < 1.29 is 19.1 Å². The lowest BCUT2D eigenvalue weighted by molar-refractivity contribution is -0.139. The molecule has 1 aliphatic rings. The Bertz CT molecular complexity index is 625. The minimum absolute atomic E-state index is 0.343. The normalized spacial score (nSPS) is 17.3. The van der Waals surface area contributed by atoms with Crippen molar-refractivity contribution in [3.8, 4) is 5.75 Å². The van der Waals surface area contributed by atoms with Gasteiger partial charge in [0.25, 0.3) is 0 Å². The van der Waals surface area contributed by atoms with Gasteiger partial charge in [-0.05, 0) is 38.0 Å². The number of ether oxygens (including phenoxy) is 2. The maximum Gasteiger partial charge on any atom is 0.338 e. The Morgan fingerprint density at radius 3 is 2.78 bits per heavy atom. The summed E-state index contributed by atoms with van der Waals surface area (Å²) in [6.45, 7) is 6.41. The molecular weight excluding hydrogens is 296 g/mol. The van der Waals surface area contributed by atoms with Crippen LogP contribution in [0.3, 0.4) is 0 Å². The first kappa shape index (κ1) is 16.9. The van der Waals surface area contributed by atoms with E-state index in [1.54, 1.807) is 6.92 Å². The van der Waals surface area contributed by atoms with Gasteiger partial charge in [0.1, 0.15) is 5.75 Å². The van der Waals surface area contributed by atoms with Crippen molar-refractivity contribution in [2.45, 2.75) is 33.2 Å². The molecule has 0 radical (unpaired) electrons. The Hall–Kier alpha value is -2.50. The molecule has 0 fully saturated rings. The van der Waals surface area contributed by atoms with Crippen LogP contribution in [0.15, 0.2) is 35.5 Å². The van der Waals surface area contributed by atoms with E-state index >= 15 is 0 Å². The van der Waals surface area contributed by atoms with E-state index in [0.29, 0.717) is 30.2 Å². The van der Waals surface area contributed by atoms with Gasteiger partial charge in [0, 0.05) is 5.70 Å². The van der Waals surface area contributed by atoms with Gasteiger partial charge in [-0.25, -0.2) is 9.59 Å². The number of allylic oxidation sites excluding steroid dienone is 1. The first-order valence-electron chi connectivity index (χ1n) is 7.75. The molecular formula is C17H22N2O4. The molecule has 23 heavy (non-hydrogen) atoms. The number of carbonyl (C=O) groups excluding carboxylic acids is 2. The van der Waals surface area contributed by atoms with Crippen molar-refractivity contribution in [3.05, 3.63) is 41.1 Å². The summed E-state index contributed by atoms with van der Waals surface area (Å²) in [6, 6.07) is 6.43. The van der Waals surface area contributed by atoms with E-state index in [4.69, 9.17) is 9.47 Å². The zero-order valence-electron chi connectivity index (χ0n) is 13.6. The van der Waals surface area contributed by atoms with Crippen LogP contribution in [0.25, 0.3) is 0 Å². The van der Waals surface area contributed by atoms with E-state index in [9.17, 15) is 9.59 Å². The lowest BCUT2D eigenvalue weighted by Gasteiger charge is -2.28. The molecule has 1 unspecified atom stereocenters. The average Bonchev–Trinajstić information content (AvgIpc) is 2.52. The minimum Gasteiger partial charge on any atom is -0.494 e. The van der Waals surface area contributed by atoms with Crippen LogP contribution in [0.1, 0.15) is 38.8 Å². The molecule has 6 heteroatoms. The molecule has 1 heterocycles. The predicted octanol–water partition coefficient (Wildman–Crippen LogP) is 2.67. The third kappa shape index (κ3) is 4.03. The molecule has 0 saturated heterocycles. The third-order valence-corrected chi connectivity index (χ3v) is 3.43. The molecule has 1 atom stereocenters. The summed E-state index contributed by atoms with van der Waals surface area (Å²) < 4.78 is 10.7. The van der Waals surface area contributed by atoms with Crippen molar-refractivity contribution >= 4 is 12.0 Å². The highest BCUT2D eigenvalue weighted by Crippen LogP contribution is 2.29. The first-order valence-corrected chi connectivity index (χ1v) is 7.75. The topological polar surface area (TPSA) is 76.7 Å². The van der Waals surface area contributed by atoms with Crippen LogP contribution >= 0.6 is 0 Å². The van der Waals surface area contributed by atoms with Crippen LogP contribution in [-0.2, 0) is 9.53 Å². The second-order valence-corrected chi connectivity index (χ2v) is 5.21. The number of amides is 2. The van der Waals surface area contributed by atoms with Gasteiger partial charge in [-0.15, -0.1) is 0 Å². The van der Waals surface area contributed by atoms with Crippen LogP contribution in [-0.4, -0.2) is 25.2 Å². The van der Waals surface area contributed by atoms with Gasteiger partial charge < -0.3 is 20.1 Å². The summed E-state index contributed by atoms with van der Waals surface area (Å²) >= 11 is 0. The first-order chi connectivity index (χ1) is 11.1. The number of rotatable bonds is 6. The van der Waals surface area contributed by atoms with Gasteiger partial charge in [-0.1, -0.05) is 19.1 Å². The van der Waals surface area contributed by atoms with Crippen molar-refractivity contribution in [3.63, 3.8) is 0 Å². The largest absolute Gasteiger partial charge is 0.494 e. The molecule has 0 aromatic heterocycles. The highest BCUT2D eigenvalue weighted by molar-refractivity contribution is 5.95. The van der Waals surface area contributed by atoms with Crippen LogP contribution in [0.4, 0.5) is 4.79 Å². The Balaban J connectivity index is 2.36. The second kappa shape index (κ2) is 7.67. The summed E-state index contributed by atoms with van der Waals surface area (Å²) in [5, 5.41) is 5.40. The summed E-state index contributed by atoms with van der Waals surface area (Å²) in [7, 11) is 0. The maximum absolute atomic E-state index is 12.4. The van der Waals surface area contributed by atoms with E-state index in [0.717, 1.165) is 12.0 Å². The van der Waals surface area contributed by atoms with E-state index in [-0.39, 0.29) is 6.03 Å². The number of esters is 1. The Morgan fingerprint density at radius 2 is 2.09 bits per heavy atom. The molecule has 124 valence electrons. The SMILES string of the molecule is CCCOC(=O)C1=C(C)NC(=O)NC1c1cccc(OCC)c1. The van der Waals surface area contributed by atoms with Crippen LogP contribution in [0.5, 0.6) is 5.75 Å². The quantitative estimate of drug-likeness (QED) is 0.791. The maximum atomic E-state index is 12.4. The fraction of sp³-hybridized carbons (Fsp3) is 0.412. The van der Waals surface area contributed by atoms with E-state index in [2.05, 4.69) is 10.6 Å². The molecule has 2 rings (SSSR count). The van der Waals surface area contributed by atoms with Gasteiger partial charge in [-0.3, -0.25) is 0 Å². The summed E-state index contributed by atoms with van der Waals surface area (Å²) in [5.74, 6) is 0.264. The van der Waals surface area contributed by atoms with Gasteiger partial charge in [0.05, 0.1) is 24.8 Å². The molecule has 2 N–H and O–H groups in total. The highest BCUT2D eigenvalue weighted by Gasteiger charge is 2.32. The van der Waals surface area contributed by atoms with Crippen LogP contribution < -0.4 is 15.4 Å². The molecule has 2 amide bonds. The summed E-state index contributed by atoms with van der Waals surface area (Å²) in [6.07, 6.45) is 0.738. The number of hydrogen-bond acceptors (Lipinski definition) is 4. The molecule has 0 spiro atoms. The molecule has 0 aliphatic carbocycles. The smallest absolute Gasteiger partial charge is 0.338 e. The summed E-state index contributed by atoms with van der Waals surface area (Å²) in [5.41, 5.74) is 1.68. The molecule has 0 saturated carbocycles. The molecule has 0 bridgehead atoms. The predicted molar refractivity (Wildman–Crippen MR) is 86.0 cm³/mol. The van der Waals surface area contributed by atoms with E-state index in [1.165, 1.54) is 0 Å².